The van der Waals surface area contributed by atoms with Gasteiger partial charge in [0.05, 0.1) is 0 Å². The van der Waals surface area contributed by atoms with E-state index >= 15 is 0 Å². The molecule has 1 rings (SSSR count). The Hall–Kier alpha value is -1.25. The van der Waals surface area contributed by atoms with Crippen molar-refractivity contribution in [3.05, 3.63) is 60.2 Å². The van der Waals surface area contributed by atoms with E-state index in [-0.39, 0.29) is 12.3 Å². The number of hydrogen-bond donors (Lipinski definition) is 0. The second-order valence-electron chi connectivity index (χ2n) is 5.15. The van der Waals surface area contributed by atoms with Gasteiger partial charge in [-0.15, -0.1) is 6.58 Å². The van der Waals surface area contributed by atoms with E-state index in [1.54, 1.807) is 11.0 Å². The fourth-order valence-electron chi connectivity index (χ4n) is 1.82. The Morgan fingerprint density at radius 1 is 1.29 bits per heavy atom. The third-order valence-corrected chi connectivity index (χ3v) is 3.57. The zero-order valence-corrected chi connectivity index (χ0v) is 14.0. The van der Waals surface area contributed by atoms with Crippen LogP contribution in [0.2, 0.25) is 0 Å². The summed E-state index contributed by atoms with van der Waals surface area (Å²) in [6.45, 7) is 8.53. The molecule has 0 fully saturated rings. The van der Waals surface area contributed by atoms with Crippen molar-refractivity contribution in [2.75, 3.05) is 6.54 Å². The predicted molar refractivity (Wildman–Crippen MR) is 90.5 cm³/mol. The Morgan fingerprint density at radius 2 is 1.90 bits per heavy atom. The van der Waals surface area contributed by atoms with E-state index in [4.69, 9.17) is 23.2 Å². The van der Waals surface area contributed by atoms with Gasteiger partial charge in [-0.3, -0.25) is 4.79 Å². The average molecular weight is 326 g/mol. The summed E-state index contributed by atoms with van der Waals surface area (Å²) in [7, 11) is 0. The van der Waals surface area contributed by atoms with Crippen molar-refractivity contribution in [3.63, 3.8) is 0 Å². The first-order valence-electron chi connectivity index (χ1n) is 6.82. The van der Waals surface area contributed by atoms with Crippen LogP contribution < -0.4 is 0 Å². The molecule has 0 aliphatic rings. The minimum Gasteiger partial charge on any atom is -0.332 e. The summed E-state index contributed by atoms with van der Waals surface area (Å²) in [6, 6.07) is 9.77. The van der Waals surface area contributed by atoms with Gasteiger partial charge < -0.3 is 4.90 Å². The van der Waals surface area contributed by atoms with E-state index in [2.05, 4.69) is 6.58 Å². The van der Waals surface area contributed by atoms with Crippen LogP contribution in [0.3, 0.4) is 0 Å². The number of benzene rings is 1. The van der Waals surface area contributed by atoms with Gasteiger partial charge in [-0.25, -0.2) is 0 Å². The smallest absolute Gasteiger partial charge is 0.259 e. The molecule has 114 valence electrons. The molecule has 0 atom stereocenters. The molecule has 2 nitrogen and oxygen atoms in total. The molecule has 0 N–H and O–H groups in total. The molecule has 1 amide bonds. The molecular weight excluding hydrogens is 305 g/mol. The number of amides is 1. The lowest BCUT2D eigenvalue weighted by atomic mass is 10.2. The third kappa shape index (κ3) is 5.94. The Bertz CT molecular complexity index is 505. The molecule has 1 aromatic carbocycles. The first-order valence-corrected chi connectivity index (χ1v) is 7.58. The second kappa shape index (κ2) is 8.26. The summed E-state index contributed by atoms with van der Waals surface area (Å²) in [5.74, 6) is -0.299. The lowest BCUT2D eigenvalue weighted by Gasteiger charge is -2.28. The standard InChI is InChI=1S/C17H21Cl2NO/c1-4-11-17(18,19)16(21)20(12-10-14(2)3)13-15-8-6-5-7-9-15/h4-10H,1,11-13H2,2-3H3. The Kier molecular flexibility index (Phi) is 7.00. The normalized spacial score (nSPS) is 10.9. The molecule has 0 spiro atoms. The Morgan fingerprint density at radius 3 is 2.43 bits per heavy atom. The number of allylic oxidation sites excluding steroid dienone is 2. The van der Waals surface area contributed by atoms with Crippen molar-refractivity contribution in [1.82, 2.24) is 4.90 Å². The van der Waals surface area contributed by atoms with E-state index < -0.39 is 4.33 Å². The van der Waals surface area contributed by atoms with Crippen molar-refractivity contribution in [2.45, 2.75) is 31.1 Å². The van der Waals surface area contributed by atoms with Crippen LogP contribution >= 0.6 is 23.2 Å². The van der Waals surface area contributed by atoms with E-state index in [1.807, 2.05) is 50.3 Å². The number of rotatable bonds is 7. The van der Waals surface area contributed by atoms with Gasteiger partial charge in [-0.05, 0) is 19.4 Å². The third-order valence-electron chi connectivity index (χ3n) is 2.94. The van der Waals surface area contributed by atoms with Crippen LogP contribution in [0.1, 0.15) is 25.8 Å². The highest BCUT2D eigenvalue weighted by molar-refractivity contribution is 6.58. The maximum absolute atomic E-state index is 12.6. The van der Waals surface area contributed by atoms with Gasteiger partial charge in [0.25, 0.3) is 5.91 Å². The van der Waals surface area contributed by atoms with Gasteiger partial charge in [0.1, 0.15) is 0 Å². The highest BCUT2D eigenvalue weighted by atomic mass is 35.5. The molecule has 0 aliphatic heterocycles. The lowest BCUT2D eigenvalue weighted by Crippen LogP contribution is -2.41. The van der Waals surface area contributed by atoms with E-state index in [9.17, 15) is 4.79 Å². The van der Waals surface area contributed by atoms with Crippen molar-refractivity contribution < 1.29 is 4.79 Å². The monoisotopic (exact) mass is 325 g/mol. The number of carbonyl (C=O) groups excluding carboxylic acids is 1. The maximum Gasteiger partial charge on any atom is 0.259 e. The van der Waals surface area contributed by atoms with Crippen LogP contribution in [0, 0.1) is 0 Å². The summed E-state index contributed by atoms with van der Waals surface area (Å²) in [6.07, 6.45) is 3.76. The minimum atomic E-state index is -1.47. The first-order chi connectivity index (χ1) is 9.86. The van der Waals surface area contributed by atoms with Crippen LogP contribution in [0.4, 0.5) is 0 Å². The summed E-state index contributed by atoms with van der Waals surface area (Å²) >= 11 is 12.3. The zero-order chi connectivity index (χ0) is 15.9. The molecule has 0 saturated heterocycles. The van der Waals surface area contributed by atoms with Gasteiger partial charge >= 0.3 is 0 Å². The molecule has 0 unspecified atom stereocenters. The number of carbonyl (C=O) groups is 1. The van der Waals surface area contributed by atoms with Crippen LogP contribution in [-0.4, -0.2) is 21.7 Å². The van der Waals surface area contributed by atoms with Crippen LogP contribution in [0.5, 0.6) is 0 Å². The SMILES string of the molecule is C=CCC(Cl)(Cl)C(=O)N(CC=C(C)C)Cc1ccccc1. The Labute approximate surface area is 137 Å². The van der Waals surface area contributed by atoms with Gasteiger partial charge in [-0.1, -0.05) is 71.3 Å². The largest absolute Gasteiger partial charge is 0.332 e. The number of halogens is 2. The fraction of sp³-hybridized carbons (Fsp3) is 0.353. The summed E-state index contributed by atoms with van der Waals surface area (Å²) in [5, 5.41) is 0. The van der Waals surface area contributed by atoms with Gasteiger partial charge in [-0.2, -0.15) is 0 Å². The molecule has 21 heavy (non-hydrogen) atoms. The quantitative estimate of drug-likeness (QED) is 0.524. The topological polar surface area (TPSA) is 20.3 Å². The molecule has 0 radical (unpaired) electrons. The number of nitrogens with zero attached hydrogens (tertiary/aromatic N) is 1. The highest BCUT2D eigenvalue weighted by Crippen LogP contribution is 2.29. The molecule has 0 aliphatic carbocycles. The van der Waals surface area contributed by atoms with Crippen LogP contribution in [-0.2, 0) is 11.3 Å². The summed E-state index contributed by atoms with van der Waals surface area (Å²) in [4.78, 5) is 14.2. The van der Waals surface area contributed by atoms with Crippen molar-refractivity contribution >= 4 is 29.1 Å². The predicted octanol–water partition coefficient (Wildman–Crippen LogP) is 4.73. The zero-order valence-electron chi connectivity index (χ0n) is 12.5. The molecule has 0 heterocycles. The second-order valence-corrected chi connectivity index (χ2v) is 6.63. The molecule has 4 heteroatoms. The van der Waals surface area contributed by atoms with Crippen LogP contribution in [0.15, 0.2) is 54.6 Å². The highest BCUT2D eigenvalue weighted by Gasteiger charge is 2.35. The van der Waals surface area contributed by atoms with E-state index in [0.717, 1.165) is 11.1 Å². The van der Waals surface area contributed by atoms with Crippen molar-refractivity contribution in [1.29, 1.82) is 0 Å². The first kappa shape index (κ1) is 17.8. The lowest BCUT2D eigenvalue weighted by molar-refractivity contribution is -0.131. The fourth-order valence-corrected chi connectivity index (χ4v) is 2.27. The summed E-state index contributed by atoms with van der Waals surface area (Å²) in [5.41, 5.74) is 2.18. The van der Waals surface area contributed by atoms with Crippen molar-refractivity contribution in [3.8, 4) is 0 Å². The number of alkyl halides is 2. The molecule has 1 aromatic rings. The summed E-state index contributed by atoms with van der Waals surface area (Å²) < 4.78 is -1.47. The average Bonchev–Trinajstić information content (AvgIpc) is 2.43. The number of hydrogen-bond acceptors (Lipinski definition) is 1. The molecule has 0 aromatic heterocycles. The van der Waals surface area contributed by atoms with Gasteiger partial charge in [0, 0.05) is 19.5 Å². The molecule has 0 saturated carbocycles. The Balaban J connectivity index is 2.93. The minimum absolute atomic E-state index is 0.217. The van der Waals surface area contributed by atoms with E-state index in [1.165, 1.54) is 0 Å². The van der Waals surface area contributed by atoms with Crippen LogP contribution in [0.25, 0.3) is 0 Å². The maximum atomic E-state index is 12.6. The molecule has 0 bridgehead atoms. The van der Waals surface area contributed by atoms with E-state index in [0.29, 0.717) is 13.1 Å². The van der Waals surface area contributed by atoms with Gasteiger partial charge in [0.15, 0.2) is 4.33 Å². The van der Waals surface area contributed by atoms with Gasteiger partial charge in [0.2, 0.25) is 0 Å². The molecular formula is C17H21Cl2NO. The van der Waals surface area contributed by atoms with Crippen molar-refractivity contribution in [2.24, 2.45) is 0 Å².